The topological polar surface area (TPSA) is 98.9 Å². The molecule has 2 fully saturated rings. The van der Waals surface area contributed by atoms with Crippen LogP contribution in [0.3, 0.4) is 0 Å². The molecule has 0 aromatic carbocycles. The first-order valence-corrected chi connectivity index (χ1v) is 10.9. The van der Waals surface area contributed by atoms with Gasteiger partial charge in [-0.3, -0.25) is 0 Å². The van der Waals surface area contributed by atoms with Gasteiger partial charge in [-0.1, -0.05) is 12.8 Å². The van der Waals surface area contributed by atoms with E-state index >= 15 is 0 Å². The van der Waals surface area contributed by atoms with Crippen molar-refractivity contribution >= 4 is 41.8 Å². The molecule has 0 bridgehead atoms. The van der Waals surface area contributed by atoms with Crippen molar-refractivity contribution in [2.45, 2.75) is 58.0 Å². The minimum atomic E-state index is -0.332. The number of likely N-dealkylation sites (tertiary alicyclic amines) is 1. The van der Waals surface area contributed by atoms with Crippen molar-refractivity contribution in [2.75, 3.05) is 37.6 Å². The smallest absolute Gasteiger partial charge is 0.314 e. The van der Waals surface area contributed by atoms with Gasteiger partial charge in [-0.2, -0.15) is 0 Å². The van der Waals surface area contributed by atoms with Crippen LogP contribution in [0.1, 0.15) is 51.0 Å². The number of amides is 2. The standard InChI is InChI=1S/C21H35N7O.HI/c1-2-23-21(26-18-8-13-28(14-9-18)20(22)29)25-16-17-7-10-24-19(15-17)27-11-5-3-4-6-12-27;/h7,10,15,18H,2-6,8-9,11-14,16H2,1H3,(H2,22,29)(H2,23,25,26);1H. The fraction of sp³-hybridized carbons (Fsp3) is 0.667. The summed E-state index contributed by atoms with van der Waals surface area (Å²) < 4.78 is 0. The van der Waals surface area contributed by atoms with Crippen LogP contribution in [0.5, 0.6) is 0 Å². The fourth-order valence-corrected chi connectivity index (χ4v) is 3.96. The number of primary amides is 1. The van der Waals surface area contributed by atoms with Gasteiger partial charge in [0.2, 0.25) is 0 Å². The summed E-state index contributed by atoms with van der Waals surface area (Å²) in [6, 6.07) is 4.18. The van der Waals surface area contributed by atoms with E-state index in [0.29, 0.717) is 25.7 Å². The first-order valence-electron chi connectivity index (χ1n) is 10.9. The number of hydrogen-bond acceptors (Lipinski definition) is 4. The van der Waals surface area contributed by atoms with E-state index in [1.165, 1.54) is 31.2 Å². The van der Waals surface area contributed by atoms with Gasteiger partial charge >= 0.3 is 6.03 Å². The molecule has 0 unspecified atom stereocenters. The minimum absolute atomic E-state index is 0. The van der Waals surface area contributed by atoms with Crippen LogP contribution in [0.2, 0.25) is 0 Å². The number of piperidine rings is 1. The Morgan fingerprint density at radius 3 is 2.53 bits per heavy atom. The molecule has 0 saturated carbocycles. The molecule has 0 aliphatic carbocycles. The van der Waals surface area contributed by atoms with Gasteiger partial charge in [-0.25, -0.2) is 14.8 Å². The molecule has 2 aliphatic rings. The highest BCUT2D eigenvalue weighted by Crippen LogP contribution is 2.18. The number of pyridine rings is 1. The molecule has 9 heteroatoms. The minimum Gasteiger partial charge on any atom is -0.357 e. The largest absolute Gasteiger partial charge is 0.357 e. The van der Waals surface area contributed by atoms with E-state index in [0.717, 1.165) is 44.3 Å². The van der Waals surface area contributed by atoms with E-state index in [2.05, 4.69) is 33.5 Å². The molecule has 1 aromatic rings. The number of aliphatic imine (C=N–C) groups is 1. The number of carbonyl (C=O) groups is 1. The third-order valence-corrected chi connectivity index (χ3v) is 5.65. The fourth-order valence-electron chi connectivity index (χ4n) is 3.96. The highest BCUT2D eigenvalue weighted by molar-refractivity contribution is 14.0. The van der Waals surface area contributed by atoms with E-state index in [9.17, 15) is 4.79 Å². The summed E-state index contributed by atoms with van der Waals surface area (Å²) in [6.45, 7) is 7.05. The average Bonchev–Trinajstić information content (AvgIpc) is 3.02. The number of hydrogen-bond donors (Lipinski definition) is 3. The quantitative estimate of drug-likeness (QED) is 0.310. The lowest BCUT2D eigenvalue weighted by molar-refractivity contribution is 0.188. The Kier molecular flexibility index (Phi) is 10.5. The molecule has 2 aliphatic heterocycles. The summed E-state index contributed by atoms with van der Waals surface area (Å²) in [5.74, 6) is 1.88. The zero-order chi connectivity index (χ0) is 20.5. The van der Waals surface area contributed by atoms with Crippen LogP contribution in [-0.4, -0.2) is 60.6 Å². The number of nitrogens with two attached hydrogens (primary N) is 1. The second-order valence-corrected chi connectivity index (χ2v) is 7.86. The van der Waals surface area contributed by atoms with Gasteiger partial charge in [0.25, 0.3) is 0 Å². The summed E-state index contributed by atoms with van der Waals surface area (Å²) in [4.78, 5) is 24.8. The van der Waals surface area contributed by atoms with Crippen molar-refractivity contribution in [2.24, 2.45) is 10.7 Å². The molecule has 30 heavy (non-hydrogen) atoms. The van der Waals surface area contributed by atoms with Crippen molar-refractivity contribution < 1.29 is 4.79 Å². The van der Waals surface area contributed by atoms with Gasteiger partial charge in [0.1, 0.15) is 5.82 Å². The molecule has 2 amide bonds. The van der Waals surface area contributed by atoms with Gasteiger partial charge < -0.3 is 26.2 Å². The molecule has 3 rings (SSSR count). The third-order valence-electron chi connectivity index (χ3n) is 5.65. The van der Waals surface area contributed by atoms with Crippen LogP contribution in [-0.2, 0) is 6.54 Å². The number of anilines is 1. The van der Waals surface area contributed by atoms with E-state index in [-0.39, 0.29) is 30.0 Å². The average molecular weight is 529 g/mol. The lowest BCUT2D eigenvalue weighted by atomic mass is 10.1. The van der Waals surface area contributed by atoms with Crippen LogP contribution < -0.4 is 21.3 Å². The van der Waals surface area contributed by atoms with Crippen LogP contribution in [0.15, 0.2) is 23.3 Å². The summed E-state index contributed by atoms with van der Waals surface area (Å²) in [7, 11) is 0. The highest BCUT2D eigenvalue weighted by atomic mass is 127. The second-order valence-electron chi connectivity index (χ2n) is 7.86. The number of carbonyl (C=O) groups excluding carboxylic acids is 1. The van der Waals surface area contributed by atoms with Crippen LogP contribution >= 0.6 is 24.0 Å². The summed E-state index contributed by atoms with van der Waals surface area (Å²) in [5.41, 5.74) is 6.54. The van der Waals surface area contributed by atoms with Crippen molar-refractivity contribution in [1.82, 2.24) is 20.5 Å². The number of guanidine groups is 1. The summed E-state index contributed by atoms with van der Waals surface area (Å²) in [5, 5.41) is 6.83. The maximum atomic E-state index is 11.3. The zero-order valence-electron chi connectivity index (χ0n) is 18.0. The Bertz CT molecular complexity index is 684. The summed E-state index contributed by atoms with van der Waals surface area (Å²) in [6.07, 6.45) is 8.77. The number of nitrogens with one attached hydrogen (secondary N) is 2. The molecule has 1 aromatic heterocycles. The summed E-state index contributed by atoms with van der Waals surface area (Å²) >= 11 is 0. The van der Waals surface area contributed by atoms with E-state index in [1.54, 1.807) is 4.90 Å². The number of urea groups is 1. The highest BCUT2D eigenvalue weighted by Gasteiger charge is 2.21. The van der Waals surface area contributed by atoms with Crippen molar-refractivity contribution in [3.8, 4) is 0 Å². The van der Waals surface area contributed by atoms with Crippen molar-refractivity contribution in [3.05, 3.63) is 23.9 Å². The zero-order valence-corrected chi connectivity index (χ0v) is 20.3. The molecule has 8 nitrogen and oxygen atoms in total. The molecule has 0 spiro atoms. The van der Waals surface area contributed by atoms with Gasteiger partial charge in [-0.05, 0) is 50.3 Å². The van der Waals surface area contributed by atoms with E-state index in [1.807, 2.05) is 12.3 Å². The molecular formula is C21H36IN7O. The molecule has 0 atom stereocenters. The van der Waals surface area contributed by atoms with Crippen LogP contribution in [0.4, 0.5) is 10.6 Å². The number of halogens is 1. The monoisotopic (exact) mass is 529 g/mol. The molecule has 168 valence electrons. The first kappa shape index (κ1) is 24.5. The van der Waals surface area contributed by atoms with Crippen LogP contribution in [0, 0.1) is 0 Å². The van der Waals surface area contributed by atoms with Gasteiger partial charge in [0.05, 0.1) is 6.54 Å². The SMILES string of the molecule is CCNC(=NCc1ccnc(N2CCCCCC2)c1)NC1CCN(C(N)=O)CC1.I. The number of aromatic nitrogens is 1. The Morgan fingerprint density at radius 2 is 1.90 bits per heavy atom. The van der Waals surface area contributed by atoms with Gasteiger partial charge in [-0.15, -0.1) is 24.0 Å². The Labute approximate surface area is 197 Å². The number of rotatable bonds is 5. The Hall–Kier alpha value is -1.78. The van der Waals surface area contributed by atoms with Crippen molar-refractivity contribution in [1.29, 1.82) is 0 Å². The Balaban J connectivity index is 0.00000320. The lowest BCUT2D eigenvalue weighted by Gasteiger charge is -2.32. The third kappa shape index (κ3) is 7.48. The molecule has 4 N–H and O–H groups in total. The lowest BCUT2D eigenvalue weighted by Crippen LogP contribution is -2.50. The molecular weight excluding hydrogens is 493 g/mol. The molecule has 2 saturated heterocycles. The maximum absolute atomic E-state index is 11.3. The van der Waals surface area contributed by atoms with Crippen LogP contribution in [0.25, 0.3) is 0 Å². The predicted octanol–water partition coefficient (Wildman–Crippen LogP) is 2.68. The first-order chi connectivity index (χ1) is 14.2. The van der Waals surface area contributed by atoms with E-state index < -0.39 is 0 Å². The van der Waals surface area contributed by atoms with Crippen molar-refractivity contribution in [3.63, 3.8) is 0 Å². The van der Waals surface area contributed by atoms with E-state index in [4.69, 9.17) is 10.7 Å². The maximum Gasteiger partial charge on any atom is 0.314 e. The molecule has 0 radical (unpaired) electrons. The molecule has 3 heterocycles. The normalized spacial score (nSPS) is 18.4. The predicted molar refractivity (Wildman–Crippen MR) is 132 cm³/mol. The van der Waals surface area contributed by atoms with Gasteiger partial charge in [0, 0.05) is 45.0 Å². The van der Waals surface area contributed by atoms with Gasteiger partial charge in [0.15, 0.2) is 5.96 Å². The second kappa shape index (κ2) is 12.8. The Morgan fingerprint density at radius 1 is 1.20 bits per heavy atom. The number of nitrogens with zero attached hydrogens (tertiary/aromatic N) is 4.